The SMILES string of the molecule is Nc1cc([N+](=O)[O-])cc(C(F)(F)F)c1N. The second-order valence-corrected chi connectivity index (χ2v) is 2.75. The average molecular weight is 221 g/mol. The number of non-ortho nitro benzene ring substituents is 1. The Bertz CT molecular complexity index is 417. The number of alkyl halides is 3. The number of hydrogen-bond acceptors (Lipinski definition) is 4. The van der Waals surface area contributed by atoms with E-state index in [1.165, 1.54) is 0 Å². The summed E-state index contributed by atoms with van der Waals surface area (Å²) in [5, 5.41) is 10.3. The van der Waals surface area contributed by atoms with Gasteiger partial charge in [0.15, 0.2) is 0 Å². The Kier molecular flexibility index (Phi) is 2.44. The van der Waals surface area contributed by atoms with E-state index in [2.05, 4.69) is 0 Å². The van der Waals surface area contributed by atoms with Crippen molar-refractivity contribution in [3.05, 3.63) is 27.8 Å². The molecule has 5 nitrogen and oxygen atoms in total. The zero-order chi connectivity index (χ0) is 11.8. The zero-order valence-electron chi connectivity index (χ0n) is 7.21. The highest BCUT2D eigenvalue weighted by molar-refractivity contribution is 5.71. The summed E-state index contributed by atoms with van der Waals surface area (Å²) in [6.07, 6.45) is -4.76. The Morgan fingerprint density at radius 1 is 1.27 bits per heavy atom. The third-order valence-corrected chi connectivity index (χ3v) is 1.71. The lowest BCUT2D eigenvalue weighted by atomic mass is 10.1. The van der Waals surface area contributed by atoms with Crippen LogP contribution in [0.3, 0.4) is 0 Å². The smallest absolute Gasteiger partial charge is 0.397 e. The lowest BCUT2D eigenvalue weighted by molar-refractivity contribution is -0.385. The maximum Gasteiger partial charge on any atom is 0.418 e. The summed E-state index contributed by atoms with van der Waals surface area (Å²) < 4.78 is 36.9. The summed E-state index contributed by atoms with van der Waals surface area (Å²) in [4.78, 5) is 9.32. The predicted molar refractivity (Wildman–Crippen MR) is 46.9 cm³/mol. The molecule has 82 valence electrons. The van der Waals surface area contributed by atoms with E-state index in [0.29, 0.717) is 6.07 Å². The molecule has 0 saturated heterocycles. The van der Waals surface area contributed by atoms with Crippen LogP contribution in [-0.2, 0) is 6.18 Å². The van der Waals surface area contributed by atoms with Gasteiger partial charge in [0.1, 0.15) is 0 Å². The van der Waals surface area contributed by atoms with Crippen molar-refractivity contribution in [1.29, 1.82) is 0 Å². The molecule has 1 aromatic carbocycles. The number of benzene rings is 1. The van der Waals surface area contributed by atoms with Gasteiger partial charge in [-0.2, -0.15) is 13.2 Å². The molecule has 0 radical (unpaired) electrons. The molecule has 4 N–H and O–H groups in total. The summed E-state index contributed by atoms with van der Waals surface area (Å²) in [5.74, 6) is 0. The fourth-order valence-electron chi connectivity index (χ4n) is 1.000. The topological polar surface area (TPSA) is 95.2 Å². The fraction of sp³-hybridized carbons (Fsp3) is 0.143. The number of nitro groups is 1. The molecule has 0 unspecified atom stereocenters. The quantitative estimate of drug-likeness (QED) is 0.429. The number of anilines is 2. The number of hydrogen-bond donors (Lipinski definition) is 2. The first kappa shape index (κ1) is 11.1. The molecule has 0 aliphatic carbocycles. The number of nitrogen functional groups attached to an aromatic ring is 2. The van der Waals surface area contributed by atoms with Gasteiger partial charge in [0.05, 0.1) is 21.9 Å². The molecule has 0 heterocycles. The van der Waals surface area contributed by atoms with Gasteiger partial charge < -0.3 is 11.5 Å². The third kappa shape index (κ3) is 2.09. The van der Waals surface area contributed by atoms with E-state index in [0.717, 1.165) is 6.07 Å². The highest BCUT2D eigenvalue weighted by Gasteiger charge is 2.35. The summed E-state index contributed by atoms with van der Waals surface area (Å²) in [5.41, 5.74) is 7.00. The summed E-state index contributed by atoms with van der Waals surface area (Å²) in [7, 11) is 0. The van der Waals surface area contributed by atoms with Crippen LogP contribution in [0.1, 0.15) is 5.56 Å². The number of rotatable bonds is 1. The van der Waals surface area contributed by atoms with E-state index in [1.54, 1.807) is 0 Å². The third-order valence-electron chi connectivity index (χ3n) is 1.71. The molecule has 1 rings (SSSR count). The predicted octanol–water partition coefficient (Wildman–Crippen LogP) is 1.78. The average Bonchev–Trinajstić information content (AvgIpc) is 2.06. The van der Waals surface area contributed by atoms with Crippen molar-refractivity contribution in [2.24, 2.45) is 0 Å². The first-order valence-electron chi connectivity index (χ1n) is 3.64. The molecule has 0 saturated carbocycles. The van der Waals surface area contributed by atoms with Gasteiger partial charge in [-0.1, -0.05) is 0 Å². The van der Waals surface area contributed by atoms with Crippen LogP contribution in [0.15, 0.2) is 12.1 Å². The van der Waals surface area contributed by atoms with Crippen molar-refractivity contribution in [2.75, 3.05) is 11.5 Å². The molecular weight excluding hydrogens is 215 g/mol. The number of nitrogens with zero attached hydrogens (tertiary/aromatic N) is 1. The number of nitro benzene ring substituents is 1. The highest BCUT2D eigenvalue weighted by atomic mass is 19.4. The van der Waals surface area contributed by atoms with Crippen molar-refractivity contribution in [1.82, 2.24) is 0 Å². The van der Waals surface area contributed by atoms with E-state index in [9.17, 15) is 23.3 Å². The second-order valence-electron chi connectivity index (χ2n) is 2.75. The van der Waals surface area contributed by atoms with E-state index in [-0.39, 0.29) is 0 Å². The Morgan fingerprint density at radius 2 is 1.80 bits per heavy atom. The van der Waals surface area contributed by atoms with Gasteiger partial charge in [-0.3, -0.25) is 10.1 Å². The Balaban J connectivity index is 3.45. The van der Waals surface area contributed by atoms with Crippen LogP contribution >= 0.6 is 0 Å². The molecule has 15 heavy (non-hydrogen) atoms. The lowest BCUT2D eigenvalue weighted by Gasteiger charge is -2.11. The van der Waals surface area contributed by atoms with Gasteiger partial charge in [0.2, 0.25) is 0 Å². The van der Waals surface area contributed by atoms with Gasteiger partial charge in [0.25, 0.3) is 5.69 Å². The van der Waals surface area contributed by atoms with Gasteiger partial charge in [-0.25, -0.2) is 0 Å². The molecule has 0 atom stereocenters. The molecule has 0 amide bonds. The van der Waals surface area contributed by atoms with Crippen LogP contribution in [0, 0.1) is 10.1 Å². The summed E-state index contributed by atoms with van der Waals surface area (Å²) in [6.45, 7) is 0. The maximum atomic E-state index is 12.3. The number of nitrogens with two attached hydrogens (primary N) is 2. The van der Waals surface area contributed by atoms with Crippen LogP contribution in [0.4, 0.5) is 30.2 Å². The minimum atomic E-state index is -4.76. The minimum Gasteiger partial charge on any atom is -0.397 e. The first-order chi connectivity index (χ1) is 6.73. The van der Waals surface area contributed by atoms with Gasteiger partial charge in [0, 0.05) is 12.1 Å². The molecule has 0 aromatic heterocycles. The van der Waals surface area contributed by atoms with Crippen molar-refractivity contribution in [3.8, 4) is 0 Å². The van der Waals surface area contributed by atoms with Crippen molar-refractivity contribution >= 4 is 17.1 Å². The van der Waals surface area contributed by atoms with Gasteiger partial charge in [-0.05, 0) is 0 Å². The van der Waals surface area contributed by atoms with Crippen molar-refractivity contribution in [3.63, 3.8) is 0 Å². The summed E-state index contributed by atoms with van der Waals surface area (Å²) >= 11 is 0. The largest absolute Gasteiger partial charge is 0.418 e. The first-order valence-corrected chi connectivity index (χ1v) is 3.64. The Hall–Kier alpha value is -1.99. The maximum absolute atomic E-state index is 12.3. The van der Waals surface area contributed by atoms with Gasteiger partial charge in [-0.15, -0.1) is 0 Å². The van der Waals surface area contributed by atoms with Crippen LogP contribution in [0.2, 0.25) is 0 Å². The normalized spacial score (nSPS) is 11.4. The number of halogens is 3. The van der Waals surface area contributed by atoms with Crippen LogP contribution in [-0.4, -0.2) is 4.92 Å². The molecule has 0 spiro atoms. The molecule has 0 aliphatic heterocycles. The monoisotopic (exact) mass is 221 g/mol. The standard InChI is InChI=1S/C7H6F3N3O2/c8-7(9,10)4-1-3(13(14)15)2-5(11)6(4)12/h1-2H,11-12H2. The van der Waals surface area contributed by atoms with Crippen LogP contribution in [0.25, 0.3) is 0 Å². The molecule has 0 bridgehead atoms. The van der Waals surface area contributed by atoms with E-state index >= 15 is 0 Å². The summed E-state index contributed by atoms with van der Waals surface area (Å²) in [6, 6.07) is 1.14. The van der Waals surface area contributed by atoms with E-state index in [4.69, 9.17) is 11.5 Å². The van der Waals surface area contributed by atoms with Crippen LogP contribution < -0.4 is 11.5 Å². The molecule has 0 fully saturated rings. The van der Waals surface area contributed by atoms with E-state index < -0.39 is 33.7 Å². The molecule has 0 aliphatic rings. The second kappa shape index (κ2) is 3.30. The Morgan fingerprint density at radius 3 is 2.20 bits per heavy atom. The lowest BCUT2D eigenvalue weighted by Crippen LogP contribution is -2.11. The highest BCUT2D eigenvalue weighted by Crippen LogP contribution is 2.38. The van der Waals surface area contributed by atoms with Crippen molar-refractivity contribution in [2.45, 2.75) is 6.18 Å². The molecule has 1 aromatic rings. The molecular formula is C7H6F3N3O2. The van der Waals surface area contributed by atoms with Crippen LogP contribution in [0.5, 0.6) is 0 Å². The zero-order valence-corrected chi connectivity index (χ0v) is 7.21. The van der Waals surface area contributed by atoms with Gasteiger partial charge >= 0.3 is 6.18 Å². The Labute approximate surface area is 81.6 Å². The van der Waals surface area contributed by atoms with E-state index in [1.807, 2.05) is 0 Å². The molecule has 8 heteroatoms. The van der Waals surface area contributed by atoms with Crippen molar-refractivity contribution < 1.29 is 18.1 Å². The fourth-order valence-corrected chi connectivity index (χ4v) is 1.000. The minimum absolute atomic E-state index is 0.353.